The molecule has 0 amide bonds. The summed E-state index contributed by atoms with van der Waals surface area (Å²) in [6.07, 6.45) is 1.86. The molecule has 0 bridgehead atoms. The third-order valence-electron chi connectivity index (χ3n) is 4.97. The molecule has 0 aliphatic heterocycles. The zero-order chi connectivity index (χ0) is 20.5. The largest absolute Gasteiger partial charge is 0.497 e. The predicted molar refractivity (Wildman–Crippen MR) is 118 cm³/mol. The Morgan fingerprint density at radius 3 is 2.41 bits per heavy atom. The lowest BCUT2D eigenvalue weighted by Gasteiger charge is -2.15. The van der Waals surface area contributed by atoms with Crippen molar-refractivity contribution < 1.29 is 9.47 Å². The maximum Gasteiger partial charge on any atom is 0.143 e. The van der Waals surface area contributed by atoms with Crippen molar-refractivity contribution in [3.05, 3.63) is 70.9 Å². The van der Waals surface area contributed by atoms with E-state index >= 15 is 0 Å². The Hall–Kier alpha value is -3.18. The molecule has 0 aliphatic rings. The van der Waals surface area contributed by atoms with Gasteiger partial charge in [0.05, 0.1) is 19.2 Å². The van der Waals surface area contributed by atoms with Crippen LogP contribution in [-0.4, -0.2) is 23.6 Å². The van der Waals surface area contributed by atoms with E-state index in [2.05, 4.69) is 31.3 Å². The van der Waals surface area contributed by atoms with Crippen molar-refractivity contribution >= 4 is 28.8 Å². The number of aromatic nitrogens is 2. The summed E-state index contributed by atoms with van der Waals surface area (Å²) in [6.45, 7) is 4.16. The van der Waals surface area contributed by atoms with Gasteiger partial charge in [-0.3, -0.25) is 4.40 Å². The van der Waals surface area contributed by atoms with Crippen LogP contribution in [0.3, 0.4) is 0 Å². The number of nitrogens with one attached hydrogen (secondary N) is 1. The van der Waals surface area contributed by atoms with Crippen LogP contribution in [0.15, 0.2) is 54.7 Å². The van der Waals surface area contributed by atoms with Crippen molar-refractivity contribution in [2.24, 2.45) is 0 Å². The monoisotopic (exact) mass is 407 g/mol. The van der Waals surface area contributed by atoms with Gasteiger partial charge in [0.1, 0.15) is 28.7 Å². The van der Waals surface area contributed by atoms with Crippen molar-refractivity contribution in [1.82, 2.24) is 9.38 Å². The Kier molecular flexibility index (Phi) is 5.07. The smallest absolute Gasteiger partial charge is 0.143 e. The maximum absolute atomic E-state index is 6.30. The number of pyridine rings is 1. The highest BCUT2D eigenvalue weighted by molar-refractivity contribution is 6.30. The lowest BCUT2D eigenvalue weighted by Crippen LogP contribution is -2.01. The van der Waals surface area contributed by atoms with E-state index in [-0.39, 0.29) is 0 Å². The second-order valence-electron chi connectivity index (χ2n) is 6.84. The standard InChI is InChI=1S/C23H22ClN3O2/c1-14-6-5-7-15(2)21(14)26-23-22(25-20-11-8-16(24)13-27(20)23)18-12-17(28-3)9-10-19(18)29-4/h5-13,26H,1-4H3. The fourth-order valence-electron chi connectivity index (χ4n) is 3.46. The normalized spacial score (nSPS) is 10.9. The van der Waals surface area contributed by atoms with Crippen molar-refractivity contribution in [1.29, 1.82) is 0 Å². The lowest BCUT2D eigenvalue weighted by molar-refractivity contribution is 0.404. The van der Waals surface area contributed by atoms with E-state index in [0.717, 1.165) is 45.3 Å². The second-order valence-corrected chi connectivity index (χ2v) is 7.28. The first-order chi connectivity index (χ1) is 14.0. The first kappa shape index (κ1) is 19.2. The van der Waals surface area contributed by atoms with Crippen LogP contribution in [0.25, 0.3) is 16.9 Å². The van der Waals surface area contributed by atoms with Gasteiger partial charge in [-0.05, 0) is 55.3 Å². The molecule has 2 heterocycles. The Bertz CT molecular complexity index is 1180. The highest BCUT2D eigenvalue weighted by Gasteiger charge is 2.20. The lowest BCUT2D eigenvalue weighted by atomic mass is 10.1. The van der Waals surface area contributed by atoms with Gasteiger partial charge in [0.25, 0.3) is 0 Å². The Morgan fingerprint density at radius 1 is 0.966 bits per heavy atom. The number of anilines is 2. The van der Waals surface area contributed by atoms with Gasteiger partial charge in [-0.25, -0.2) is 4.98 Å². The van der Waals surface area contributed by atoms with Crippen LogP contribution in [0.5, 0.6) is 11.5 Å². The molecular formula is C23H22ClN3O2. The Balaban J connectivity index is 1.99. The minimum atomic E-state index is 0.628. The Morgan fingerprint density at radius 2 is 1.72 bits per heavy atom. The zero-order valence-electron chi connectivity index (χ0n) is 16.8. The molecule has 0 aliphatic carbocycles. The molecule has 4 rings (SSSR count). The highest BCUT2D eigenvalue weighted by atomic mass is 35.5. The van der Waals surface area contributed by atoms with Gasteiger partial charge in [-0.1, -0.05) is 29.8 Å². The van der Waals surface area contributed by atoms with Gasteiger partial charge in [0.15, 0.2) is 0 Å². The number of fused-ring (bicyclic) bond motifs is 1. The third kappa shape index (κ3) is 3.49. The summed E-state index contributed by atoms with van der Waals surface area (Å²) in [5, 5.41) is 4.22. The number of methoxy groups -OCH3 is 2. The minimum Gasteiger partial charge on any atom is -0.497 e. The summed E-state index contributed by atoms with van der Waals surface area (Å²) in [5.74, 6) is 2.25. The number of ether oxygens (including phenoxy) is 2. The van der Waals surface area contributed by atoms with Crippen LogP contribution < -0.4 is 14.8 Å². The number of hydrogen-bond donors (Lipinski definition) is 1. The first-order valence-electron chi connectivity index (χ1n) is 9.25. The summed E-state index contributed by atoms with van der Waals surface area (Å²) in [6, 6.07) is 15.6. The first-order valence-corrected chi connectivity index (χ1v) is 9.63. The van der Waals surface area contributed by atoms with Crippen LogP contribution in [0.1, 0.15) is 11.1 Å². The molecule has 2 aromatic carbocycles. The molecule has 2 aromatic heterocycles. The van der Waals surface area contributed by atoms with Crippen LogP contribution >= 0.6 is 11.6 Å². The molecule has 5 nitrogen and oxygen atoms in total. The molecule has 6 heteroatoms. The van der Waals surface area contributed by atoms with Crippen molar-refractivity contribution in [2.75, 3.05) is 19.5 Å². The zero-order valence-corrected chi connectivity index (χ0v) is 17.5. The number of benzene rings is 2. The van der Waals surface area contributed by atoms with E-state index in [1.807, 2.05) is 47.0 Å². The Labute approximate surface area is 174 Å². The molecule has 0 saturated carbocycles. The number of halogens is 1. The maximum atomic E-state index is 6.30. The third-order valence-corrected chi connectivity index (χ3v) is 5.19. The molecule has 1 N–H and O–H groups in total. The summed E-state index contributed by atoms with van der Waals surface area (Å²) >= 11 is 6.30. The topological polar surface area (TPSA) is 47.8 Å². The van der Waals surface area contributed by atoms with E-state index in [0.29, 0.717) is 10.8 Å². The highest BCUT2D eigenvalue weighted by Crippen LogP contribution is 2.39. The fraction of sp³-hybridized carbons (Fsp3) is 0.174. The van der Waals surface area contributed by atoms with Gasteiger partial charge in [0.2, 0.25) is 0 Å². The van der Waals surface area contributed by atoms with Crippen LogP contribution in [0.2, 0.25) is 5.02 Å². The van der Waals surface area contributed by atoms with Crippen molar-refractivity contribution in [2.45, 2.75) is 13.8 Å². The van der Waals surface area contributed by atoms with E-state index in [1.165, 1.54) is 0 Å². The number of aryl methyl sites for hydroxylation is 2. The quantitative estimate of drug-likeness (QED) is 0.438. The average Bonchev–Trinajstić information content (AvgIpc) is 3.07. The molecule has 29 heavy (non-hydrogen) atoms. The summed E-state index contributed by atoms with van der Waals surface area (Å²) < 4.78 is 13.0. The van der Waals surface area contributed by atoms with E-state index in [1.54, 1.807) is 14.2 Å². The van der Waals surface area contributed by atoms with Gasteiger partial charge < -0.3 is 14.8 Å². The second kappa shape index (κ2) is 7.68. The summed E-state index contributed by atoms with van der Waals surface area (Å²) in [4.78, 5) is 4.87. The van der Waals surface area contributed by atoms with Crippen LogP contribution in [0.4, 0.5) is 11.5 Å². The molecule has 148 valence electrons. The van der Waals surface area contributed by atoms with E-state index < -0.39 is 0 Å². The van der Waals surface area contributed by atoms with Gasteiger partial charge in [-0.15, -0.1) is 0 Å². The minimum absolute atomic E-state index is 0.628. The van der Waals surface area contributed by atoms with E-state index in [4.69, 9.17) is 26.1 Å². The number of para-hydroxylation sites is 1. The molecular weight excluding hydrogens is 386 g/mol. The average molecular weight is 408 g/mol. The molecule has 0 spiro atoms. The van der Waals surface area contributed by atoms with Crippen molar-refractivity contribution in [3.63, 3.8) is 0 Å². The molecule has 4 aromatic rings. The predicted octanol–water partition coefficient (Wildman–Crippen LogP) is 6.03. The molecule has 0 atom stereocenters. The molecule has 0 fully saturated rings. The molecule has 0 radical (unpaired) electrons. The van der Waals surface area contributed by atoms with Gasteiger partial charge in [-0.2, -0.15) is 0 Å². The van der Waals surface area contributed by atoms with Gasteiger partial charge in [0, 0.05) is 17.4 Å². The van der Waals surface area contributed by atoms with Crippen LogP contribution in [0, 0.1) is 13.8 Å². The number of nitrogens with zero attached hydrogens (tertiary/aromatic N) is 2. The number of imidazole rings is 1. The summed E-state index contributed by atoms with van der Waals surface area (Å²) in [7, 11) is 3.29. The number of hydrogen-bond acceptors (Lipinski definition) is 4. The number of rotatable bonds is 5. The van der Waals surface area contributed by atoms with Crippen molar-refractivity contribution in [3.8, 4) is 22.8 Å². The SMILES string of the molecule is COc1ccc(OC)c(-c2nc3ccc(Cl)cn3c2Nc2c(C)cccc2C)c1. The molecule has 0 saturated heterocycles. The fourth-order valence-corrected chi connectivity index (χ4v) is 3.62. The van der Waals surface area contributed by atoms with Crippen LogP contribution in [-0.2, 0) is 0 Å². The summed E-state index contributed by atoms with van der Waals surface area (Å²) in [5.41, 5.74) is 5.70. The van der Waals surface area contributed by atoms with Gasteiger partial charge >= 0.3 is 0 Å². The molecule has 0 unspecified atom stereocenters. The van der Waals surface area contributed by atoms with E-state index in [9.17, 15) is 0 Å².